The van der Waals surface area contributed by atoms with E-state index in [1.54, 1.807) is 0 Å². The van der Waals surface area contributed by atoms with Gasteiger partial charge >= 0.3 is 0 Å². The second-order valence-corrected chi connectivity index (χ2v) is 5.30. The first-order valence-electron chi connectivity index (χ1n) is 6.12. The normalized spacial score (nSPS) is 20.9. The second-order valence-electron chi connectivity index (χ2n) is 4.45. The van der Waals surface area contributed by atoms with E-state index >= 15 is 0 Å². The van der Waals surface area contributed by atoms with E-state index in [0.717, 1.165) is 21.3 Å². The number of hydrogen-bond acceptors (Lipinski definition) is 2. The molecule has 0 saturated carbocycles. The van der Waals surface area contributed by atoms with Crippen molar-refractivity contribution in [2.24, 2.45) is 0 Å². The molecule has 0 aromatic heterocycles. The highest BCUT2D eigenvalue weighted by Gasteiger charge is 2.25. The first-order chi connectivity index (χ1) is 9.25. The van der Waals surface area contributed by atoms with Gasteiger partial charge in [0.05, 0.1) is 4.47 Å². The fraction of sp³-hybridized carbons (Fsp3) is 0.125. The van der Waals surface area contributed by atoms with E-state index in [9.17, 15) is 5.11 Å². The van der Waals surface area contributed by atoms with E-state index in [1.165, 1.54) is 0 Å². The molecule has 0 bridgehead atoms. The van der Waals surface area contributed by atoms with E-state index < -0.39 is 6.10 Å². The highest BCUT2D eigenvalue weighted by atomic mass is 79.9. The molecule has 1 N–H and O–H groups in total. The maximum Gasteiger partial charge on any atom is 0.147 e. The SMILES string of the molecule is OC1c2ccccc2C=CC1Oc1ccccc1Br. The van der Waals surface area contributed by atoms with Crippen molar-refractivity contribution in [1.82, 2.24) is 0 Å². The number of aliphatic hydroxyl groups excluding tert-OH is 1. The lowest BCUT2D eigenvalue weighted by Gasteiger charge is -2.26. The second kappa shape index (κ2) is 5.19. The average Bonchev–Trinajstić information content (AvgIpc) is 2.44. The van der Waals surface area contributed by atoms with Crippen molar-refractivity contribution in [3.8, 4) is 5.75 Å². The molecule has 19 heavy (non-hydrogen) atoms. The quantitative estimate of drug-likeness (QED) is 0.908. The summed E-state index contributed by atoms with van der Waals surface area (Å²) in [5, 5.41) is 10.4. The summed E-state index contributed by atoms with van der Waals surface area (Å²) in [5.74, 6) is 0.732. The van der Waals surface area contributed by atoms with Gasteiger partial charge in [-0.3, -0.25) is 0 Å². The van der Waals surface area contributed by atoms with Gasteiger partial charge in [0.25, 0.3) is 0 Å². The number of ether oxygens (including phenoxy) is 1. The summed E-state index contributed by atoms with van der Waals surface area (Å²) < 4.78 is 6.76. The van der Waals surface area contributed by atoms with E-state index in [4.69, 9.17) is 4.74 Å². The number of benzene rings is 2. The van der Waals surface area contributed by atoms with Crippen molar-refractivity contribution in [2.45, 2.75) is 12.2 Å². The zero-order valence-corrected chi connectivity index (χ0v) is 11.7. The van der Waals surface area contributed by atoms with Crippen molar-refractivity contribution >= 4 is 22.0 Å². The maximum atomic E-state index is 10.4. The van der Waals surface area contributed by atoms with Gasteiger partial charge in [0.2, 0.25) is 0 Å². The van der Waals surface area contributed by atoms with Gasteiger partial charge in [0.15, 0.2) is 0 Å². The number of rotatable bonds is 2. The first kappa shape index (κ1) is 12.5. The topological polar surface area (TPSA) is 29.5 Å². The highest BCUT2D eigenvalue weighted by Crippen LogP contribution is 2.32. The third kappa shape index (κ3) is 2.44. The number of fused-ring (bicyclic) bond motifs is 1. The van der Waals surface area contributed by atoms with E-state index in [0.29, 0.717) is 0 Å². The standard InChI is InChI=1S/C16H13BrO2/c17-13-7-3-4-8-14(13)19-15-10-9-11-5-1-2-6-12(11)16(15)18/h1-10,15-16,18H. The molecular formula is C16H13BrO2. The van der Waals surface area contributed by atoms with Crippen LogP contribution in [-0.4, -0.2) is 11.2 Å². The van der Waals surface area contributed by atoms with Crippen molar-refractivity contribution in [3.63, 3.8) is 0 Å². The number of hydrogen-bond donors (Lipinski definition) is 1. The fourth-order valence-electron chi connectivity index (χ4n) is 2.20. The molecule has 2 nitrogen and oxygen atoms in total. The van der Waals surface area contributed by atoms with Gasteiger partial charge in [-0.2, -0.15) is 0 Å². The van der Waals surface area contributed by atoms with Crippen LogP contribution in [0.2, 0.25) is 0 Å². The van der Waals surface area contributed by atoms with Gasteiger partial charge in [-0.15, -0.1) is 0 Å². The van der Waals surface area contributed by atoms with Gasteiger partial charge < -0.3 is 9.84 Å². The Hall–Kier alpha value is -1.58. The molecule has 0 spiro atoms. The van der Waals surface area contributed by atoms with Crippen LogP contribution in [0, 0.1) is 0 Å². The molecule has 2 atom stereocenters. The summed E-state index contributed by atoms with van der Waals surface area (Å²) in [6, 6.07) is 15.4. The van der Waals surface area contributed by atoms with Crippen LogP contribution >= 0.6 is 15.9 Å². The van der Waals surface area contributed by atoms with Crippen molar-refractivity contribution in [2.75, 3.05) is 0 Å². The first-order valence-corrected chi connectivity index (χ1v) is 6.91. The van der Waals surface area contributed by atoms with E-state index in [1.807, 2.05) is 60.7 Å². The predicted molar refractivity (Wildman–Crippen MR) is 79.0 cm³/mol. The van der Waals surface area contributed by atoms with Crippen LogP contribution in [0.4, 0.5) is 0 Å². The van der Waals surface area contributed by atoms with Gasteiger partial charge in [-0.05, 0) is 45.3 Å². The summed E-state index contributed by atoms with van der Waals surface area (Å²) in [4.78, 5) is 0. The minimum Gasteiger partial charge on any atom is -0.482 e. The Balaban J connectivity index is 1.87. The van der Waals surface area contributed by atoms with Crippen LogP contribution in [0.1, 0.15) is 17.2 Å². The molecule has 0 saturated heterocycles. The molecular weight excluding hydrogens is 304 g/mol. The maximum absolute atomic E-state index is 10.4. The van der Waals surface area contributed by atoms with Crippen molar-refractivity contribution in [1.29, 1.82) is 0 Å². The van der Waals surface area contributed by atoms with Crippen LogP contribution in [0.5, 0.6) is 5.75 Å². The van der Waals surface area contributed by atoms with Crippen LogP contribution in [-0.2, 0) is 0 Å². The molecule has 2 unspecified atom stereocenters. The summed E-state index contributed by atoms with van der Waals surface area (Å²) in [5.41, 5.74) is 1.95. The number of para-hydroxylation sites is 1. The average molecular weight is 317 g/mol. The lowest BCUT2D eigenvalue weighted by Crippen LogP contribution is -2.26. The Morgan fingerprint density at radius 3 is 2.58 bits per heavy atom. The van der Waals surface area contributed by atoms with Gasteiger partial charge in [-0.1, -0.05) is 42.5 Å². The Labute approximate surface area is 120 Å². The third-order valence-electron chi connectivity index (χ3n) is 3.19. The van der Waals surface area contributed by atoms with Crippen molar-refractivity contribution < 1.29 is 9.84 Å². The molecule has 0 heterocycles. The number of halogens is 1. The largest absolute Gasteiger partial charge is 0.482 e. The molecule has 2 aromatic rings. The molecule has 3 heteroatoms. The molecule has 96 valence electrons. The Morgan fingerprint density at radius 1 is 1.00 bits per heavy atom. The molecule has 1 aliphatic rings. The van der Waals surface area contributed by atoms with Gasteiger partial charge in [0.1, 0.15) is 18.0 Å². The molecule has 0 radical (unpaired) electrons. The predicted octanol–water partition coefficient (Wildman–Crippen LogP) is 3.96. The minimum absolute atomic E-state index is 0.367. The van der Waals surface area contributed by atoms with Crippen LogP contribution in [0.25, 0.3) is 6.08 Å². The summed E-state index contributed by atoms with van der Waals surface area (Å²) in [7, 11) is 0. The molecule has 0 aliphatic heterocycles. The number of aliphatic hydroxyl groups is 1. The Kier molecular flexibility index (Phi) is 3.40. The van der Waals surface area contributed by atoms with Crippen molar-refractivity contribution in [3.05, 3.63) is 70.2 Å². The smallest absolute Gasteiger partial charge is 0.147 e. The van der Waals surface area contributed by atoms with Gasteiger partial charge in [-0.25, -0.2) is 0 Å². The Morgan fingerprint density at radius 2 is 1.74 bits per heavy atom. The summed E-state index contributed by atoms with van der Waals surface area (Å²) in [6.45, 7) is 0. The summed E-state index contributed by atoms with van der Waals surface area (Å²) >= 11 is 3.44. The van der Waals surface area contributed by atoms with Gasteiger partial charge in [0, 0.05) is 0 Å². The van der Waals surface area contributed by atoms with E-state index in [2.05, 4.69) is 15.9 Å². The molecule has 2 aromatic carbocycles. The molecule has 0 fully saturated rings. The lowest BCUT2D eigenvalue weighted by atomic mass is 9.93. The summed E-state index contributed by atoms with van der Waals surface area (Å²) in [6.07, 6.45) is 2.87. The monoisotopic (exact) mass is 316 g/mol. The molecule has 1 aliphatic carbocycles. The Bertz CT molecular complexity index is 622. The minimum atomic E-state index is -0.645. The van der Waals surface area contributed by atoms with E-state index in [-0.39, 0.29) is 6.10 Å². The lowest BCUT2D eigenvalue weighted by molar-refractivity contribution is 0.0619. The highest BCUT2D eigenvalue weighted by molar-refractivity contribution is 9.10. The van der Waals surface area contributed by atoms with Crippen LogP contribution in [0.15, 0.2) is 59.1 Å². The zero-order valence-electron chi connectivity index (χ0n) is 10.2. The van der Waals surface area contributed by atoms with Crippen LogP contribution < -0.4 is 4.74 Å². The zero-order chi connectivity index (χ0) is 13.2. The molecule has 3 rings (SSSR count). The third-order valence-corrected chi connectivity index (χ3v) is 3.85. The molecule has 0 amide bonds. The fourth-order valence-corrected chi connectivity index (χ4v) is 2.58. The van der Waals surface area contributed by atoms with Crippen LogP contribution in [0.3, 0.4) is 0 Å².